The van der Waals surface area contributed by atoms with Crippen LogP contribution in [0.2, 0.25) is 0 Å². The minimum atomic E-state index is -3.92. The lowest BCUT2D eigenvalue weighted by atomic mass is 10.1. The Morgan fingerprint density at radius 2 is 1.43 bits per heavy atom. The molecular formula is C28H33N3O3S. The van der Waals surface area contributed by atoms with Crippen molar-refractivity contribution in [2.45, 2.75) is 32.6 Å². The van der Waals surface area contributed by atoms with Crippen LogP contribution < -0.4 is 9.21 Å². The molecule has 7 heteroatoms. The molecule has 1 heterocycles. The van der Waals surface area contributed by atoms with Gasteiger partial charge in [-0.25, -0.2) is 8.42 Å². The molecule has 0 unspecified atom stereocenters. The molecule has 0 N–H and O–H groups in total. The predicted molar refractivity (Wildman–Crippen MR) is 142 cm³/mol. The molecule has 3 aromatic carbocycles. The van der Waals surface area contributed by atoms with Crippen molar-refractivity contribution in [2.75, 3.05) is 41.9 Å². The summed E-state index contributed by atoms with van der Waals surface area (Å²) in [5.74, 6) is -0.190. The van der Waals surface area contributed by atoms with E-state index in [0.29, 0.717) is 31.9 Å². The van der Waals surface area contributed by atoms with E-state index in [-0.39, 0.29) is 17.3 Å². The zero-order chi connectivity index (χ0) is 25.2. The first-order chi connectivity index (χ1) is 16.7. The van der Waals surface area contributed by atoms with Gasteiger partial charge in [-0.1, -0.05) is 48.0 Å². The second-order valence-corrected chi connectivity index (χ2v) is 11.1. The molecule has 0 radical (unpaired) electrons. The number of rotatable bonds is 6. The Bertz CT molecular complexity index is 1310. The van der Waals surface area contributed by atoms with Gasteiger partial charge < -0.3 is 9.80 Å². The number of para-hydroxylation sites is 1. The topological polar surface area (TPSA) is 60.9 Å². The maximum atomic E-state index is 13.7. The van der Waals surface area contributed by atoms with Crippen LogP contribution in [-0.4, -0.2) is 51.9 Å². The lowest BCUT2D eigenvalue weighted by Gasteiger charge is -2.38. The van der Waals surface area contributed by atoms with Crippen LogP contribution in [0.1, 0.15) is 22.3 Å². The van der Waals surface area contributed by atoms with E-state index in [0.717, 1.165) is 11.1 Å². The Balaban J connectivity index is 1.55. The van der Waals surface area contributed by atoms with Crippen LogP contribution in [-0.2, 0) is 14.8 Å². The third kappa shape index (κ3) is 5.20. The Kier molecular flexibility index (Phi) is 7.17. The summed E-state index contributed by atoms with van der Waals surface area (Å²) in [7, 11) is -3.92. The van der Waals surface area contributed by atoms with Gasteiger partial charge in [-0.15, -0.1) is 0 Å². The van der Waals surface area contributed by atoms with E-state index in [1.165, 1.54) is 21.1 Å². The fourth-order valence-electron chi connectivity index (χ4n) is 4.48. The molecule has 0 saturated carbocycles. The Morgan fingerprint density at radius 1 is 0.800 bits per heavy atom. The first-order valence-electron chi connectivity index (χ1n) is 11.9. The molecule has 0 aromatic heterocycles. The highest BCUT2D eigenvalue weighted by Gasteiger charge is 2.31. The van der Waals surface area contributed by atoms with Crippen molar-refractivity contribution in [3.63, 3.8) is 0 Å². The van der Waals surface area contributed by atoms with E-state index < -0.39 is 10.0 Å². The van der Waals surface area contributed by atoms with Gasteiger partial charge in [0.05, 0.1) is 10.6 Å². The van der Waals surface area contributed by atoms with Gasteiger partial charge in [0, 0.05) is 31.9 Å². The van der Waals surface area contributed by atoms with Crippen molar-refractivity contribution < 1.29 is 13.2 Å². The Labute approximate surface area is 208 Å². The summed E-state index contributed by atoms with van der Waals surface area (Å²) in [6, 6.07) is 20.3. The molecular weight excluding hydrogens is 458 g/mol. The standard InChI is InChI=1S/C28H33N3O3S/c1-21-12-14-25(15-13-21)35(33,34)31(26-10-6-5-8-23(26)3)20-28(32)30-18-16-29(17-19-30)27-11-7-9-22(2)24(27)4/h5-15H,16-20H2,1-4H3. The van der Waals surface area contributed by atoms with Crippen molar-refractivity contribution in [3.05, 3.63) is 89.0 Å². The third-order valence-electron chi connectivity index (χ3n) is 6.82. The monoisotopic (exact) mass is 491 g/mol. The molecule has 0 atom stereocenters. The van der Waals surface area contributed by atoms with Gasteiger partial charge in [0.25, 0.3) is 10.0 Å². The third-order valence-corrected chi connectivity index (χ3v) is 8.60. The number of sulfonamides is 1. The quantitative estimate of drug-likeness (QED) is 0.511. The Hall–Kier alpha value is -3.32. The molecule has 0 bridgehead atoms. The van der Waals surface area contributed by atoms with Crippen LogP contribution in [0.4, 0.5) is 11.4 Å². The molecule has 3 aromatic rings. The van der Waals surface area contributed by atoms with Crippen molar-refractivity contribution >= 4 is 27.3 Å². The molecule has 0 aliphatic carbocycles. The van der Waals surface area contributed by atoms with E-state index in [1.807, 2.05) is 26.0 Å². The van der Waals surface area contributed by atoms with Crippen LogP contribution in [0, 0.1) is 27.7 Å². The summed E-state index contributed by atoms with van der Waals surface area (Å²) in [6.45, 7) is 10.3. The average molecular weight is 492 g/mol. The first kappa shape index (κ1) is 24.8. The van der Waals surface area contributed by atoms with Gasteiger partial charge in [-0.2, -0.15) is 0 Å². The zero-order valence-electron chi connectivity index (χ0n) is 20.9. The van der Waals surface area contributed by atoms with Crippen LogP contribution >= 0.6 is 0 Å². The molecule has 0 spiro atoms. The van der Waals surface area contributed by atoms with E-state index >= 15 is 0 Å². The minimum Gasteiger partial charge on any atom is -0.368 e. The number of amides is 1. The molecule has 35 heavy (non-hydrogen) atoms. The highest BCUT2D eigenvalue weighted by Crippen LogP contribution is 2.28. The minimum absolute atomic E-state index is 0.180. The normalized spacial score (nSPS) is 14.2. The molecule has 1 amide bonds. The average Bonchev–Trinajstić information content (AvgIpc) is 2.85. The van der Waals surface area contributed by atoms with E-state index in [4.69, 9.17) is 0 Å². The number of nitrogens with zero attached hydrogens (tertiary/aromatic N) is 3. The molecule has 4 rings (SSSR count). The fraction of sp³-hybridized carbons (Fsp3) is 0.321. The smallest absolute Gasteiger partial charge is 0.264 e. The molecule has 1 aliphatic rings. The highest BCUT2D eigenvalue weighted by atomic mass is 32.2. The summed E-state index contributed by atoms with van der Waals surface area (Å²) in [5.41, 5.74) is 5.99. The lowest BCUT2D eigenvalue weighted by Crippen LogP contribution is -2.52. The SMILES string of the molecule is Cc1ccc(S(=O)(=O)N(CC(=O)N2CCN(c3cccc(C)c3C)CC2)c2ccccc2C)cc1. The van der Waals surface area contributed by atoms with Crippen molar-refractivity contribution in [3.8, 4) is 0 Å². The molecule has 1 aliphatic heterocycles. The fourth-order valence-corrected chi connectivity index (χ4v) is 5.96. The number of anilines is 2. The Morgan fingerprint density at radius 3 is 2.09 bits per heavy atom. The van der Waals surface area contributed by atoms with Gasteiger partial charge in [0.15, 0.2) is 0 Å². The predicted octanol–water partition coefficient (Wildman–Crippen LogP) is 4.46. The van der Waals surface area contributed by atoms with E-state index in [9.17, 15) is 13.2 Å². The van der Waals surface area contributed by atoms with Crippen molar-refractivity contribution in [1.82, 2.24) is 4.90 Å². The van der Waals surface area contributed by atoms with Gasteiger partial charge in [0.1, 0.15) is 6.54 Å². The summed E-state index contributed by atoms with van der Waals surface area (Å²) in [6.07, 6.45) is 0. The van der Waals surface area contributed by atoms with Crippen molar-refractivity contribution in [2.24, 2.45) is 0 Å². The second-order valence-electron chi connectivity index (χ2n) is 9.20. The highest BCUT2D eigenvalue weighted by molar-refractivity contribution is 7.92. The number of piperazine rings is 1. The maximum Gasteiger partial charge on any atom is 0.264 e. The maximum absolute atomic E-state index is 13.7. The number of carbonyl (C=O) groups is 1. The van der Waals surface area contributed by atoms with Gasteiger partial charge in [0.2, 0.25) is 5.91 Å². The van der Waals surface area contributed by atoms with Crippen LogP contribution in [0.25, 0.3) is 0 Å². The molecule has 6 nitrogen and oxygen atoms in total. The first-order valence-corrected chi connectivity index (χ1v) is 13.4. The summed E-state index contributed by atoms with van der Waals surface area (Å²) in [5, 5.41) is 0. The van der Waals surface area contributed by atoms with Gasteiger partial charge in [-0.3, -0.25) is 9.10 Å². The zero-order valence-corrected chi connectivity index (χ0v) is 21.7. The molecule has 1 saturated heterocycles. The van der Waals surface area contributed by atoms with Crippen LogP contribution in [0.3, 0.4) is 0 Å². The van der Waals surface area contributed by atoms with E-state index in [1.54, 1.807) is 41.3 Å². The molecule has 184 valence electrons. The summed E-state index contributed by atoms with van der Waals surface area (Å²) in [4.78, 5) is 17.6. The van der Waals surface area contributed by atoms with Gasteiger partial charge in [-0.05, 0) is 68.7 Å². The van der Waals surface area contributed by atoms with Gasteiger partial charge >= 0.3 is 0 Å². The van der Waals surface area contributed by atoms with E-state index in [2.05, 4.69) is 36.9 Å². The summed E-state index contributed by atoms with van der Waals surface area (Å²) < 4.78 is 28.6. The number of aryl methyl sites for hydroxylation is 3. The number of hydrogen-bond donors (Lipinski definition) is 0. The number of hydrogen-bond acceptors (Lipinski definition) is 4. The van der Waals surface area contributed by atoms with Crippen LogP contribution in [0.5, 0.6) is 0 Å². The lowest BCUT2D eigenvalue weighted by molar-refractivity contribution is -0.129. The van der Waals surface area contributed by atoms with Crippen molar-refractivity contribution in [1.29, 1.82) is 0 Å². The molecule has 1 fully saturated rings. The number of carbonyl (C=O) groups excluding carboxylic acids is 1. The largest absolute Gasteiger partial charge is 0.368 e. The number of benzene rings is 3. The second kappa shape index (κ2) is 10.1. The van der Waals surface area contributed by atoms with Crippen LogP contribution in [0.15, 0.2) is 71.6 Å². The summed E-state index contributed by atoms with van der Waals surface area (Å²) >= 11 is 0.